The van der Waals surface area contributed by atoms with E-state index in [4.69, 9.17) is 16.3 Å². The number of ether oxygens (including phenoxy) is 1. The molecule has 8 heteroatoms. The standard InChI is InChI=1S/C21H17ClN4O2S/c1-13(27)15-4-7-18(24-10-15)28-16-5-2-14(3-6-16)8-9-23-20-19-17(22)11-29-21(19)26-12-25-20/h2-7,10-12H,8-9H2,1H3,(H,23,25,26). The van der Waals surface area contributed by atoms with Crippen molar-refractivity contribution < 1.29 is 9.53 Å². The molecule has 0 bridgehead atoms. The van der Waals surface area contributed by atoms with Crippen molar-refractivity contribution >= 4 is 44.8 Å². The third-order valence-corrected chi connectivity index (χ3v) is 5.63. The molecule has 0 saturated carbocycles. The third kappa shape index (κ3) is 4.52. The van der Waals surface area contributed by atoms with Gasteiger partial charge in [-0.1, -0.05) is 23.7 Å². The van der Waals surface area contributed by atoms with Crippen LogP contribution in [0.25, 0.3) is 10.2 Å². The maximum atomic E-state index is 11.3. The molecular formula is C21H17ClN4O2S. The number of thiophene rings is 1. The Hall–Kier alpha value is -3.03. The molecule has 4 aromatic rings. The topological polar surface area (TPSA) is 77.0 Å². The molecule has 0 amide bonds. The zero-order valence-corrected chi connectivity index (χ0v) is 17.1. The van der Waals surface area contributed by atoms with Gasteiger partial charge in [0.2, 0.25) is 5.88 Å². The minimum atomic E-state index is -0.0222. The van der Waals surface area contributed by atoms with Crippen LogP contribution in [0.2, 0.25) is 5.02 Å². The number of fused-ring (bicyclic) bond motifs is 1. The maximum Gasteiger partial charge on any atom is 0.219 e. The first-order valence-electron chi connectivity index (χ1n) is 8.95. The zero-order valence-electron chi connectivity index (χ0n) is 15.6. The number of pyridine rings is 1. The first-order chi connectivity index (χ1) is 14.1. The Kier molecular flexibility index (Phi) is 5.69. The first-order valence-corrected chi connectivity index (χ1v) is 10.2. The average Bonchev–Trinajstić information content (AvgIpc) is 3.11. The largest absolute Gasteiger partial charge is 0.439 e. The Labute approximate surface area is 176 Å². The maximum absolute atomic E-state index is 11.3. The predicted molar refractivity (Wildman–Crippen MR) is 115 cm³/mol. The van der Waals surface area contributed by atoms with Crippen LogP contribution in [0.4, 0.5) is 5.82 Å². The van der Waals surface area contributed by atoms with E-state index < -0.39 is 0 Å². The molecule has 0 fully saturated rings. The second kappa shape index (κ2) is 8.55. The second-order valence-corrected chi connectivity index (χ2v) is 7.62. The van der Waals surface area contributed by atoms with Gasteiger partial charge in [-0.15, -0.1) is 11.3 Å². The second-order valence-electron chi connectivity index (χ2n) is 6.35. The lowest BCUT2D eigenvalue weighted by Gasteiger charge is -2.08. The van der Waals surface area contributed by atoms with E-state index in [0.29, 0.717) is 28.8 Å². The molecule has 0 saturated heterocycles. The van der Waals surface area contributed by atoms with Crippen LogP contribution in [0.15, 0.2) is 54.3 Å². The molecule has 0 aliphatic rings. The van der Waals surface area contributed by atoms with Crippen molar-refractivity contribution in [2.75, 3.05) is 11.9 Å². The number of nitrogens with zero attached hydrogens (tertiary/aromatic N) is 3. The number of ketones is 1. The van der Waals surface area contributed by atoms with Gasteiger partial charge in [0.15, 0.2) is 5.78 Å². The summed E-state index contributed by atoms with van der Waals surface area (Å²) >= 11 is 7.74. The molecule has 6 nitrogen and oxygen atoms in total. The minimum Gasteiger partial charge on any atom is -0.439 e. The van der Waals surface area contributed by atoms with Gasteiger partial charge in [0.25, 0.3) is 0 Å². The van der Waals surface area contributed by atoms with Gasteiger partial charge in [-0.05, 0) is 37.1 Å². The van der Waals surface area contributed by atoms with Crippen LogP contribution in [-0.2, 0) is 6.42 Å². The average molecular weight is 425 g/mol. The molecule has 0 radical (unpaired) electrons. The van der Waals surface area contributed by atoms with E-state index in [2.05, 4.69) is 20.3 Å². The molecule has 0 aliphatic carbocycles. The SMILES string of the molecule is CC(=O)c1ccc(Oc2ccc(CCNc3ncnc4scc(Cl)c34)cc2)nc1. The number of hydrogen-bond donors (Lipinski definition) is 1. The fourth-order valence-corrected chi connectivity index (χ4v) is 3.93. The lowest BCUT2D eigenvalue weighted by atomic mass is 10.1. The van der Waals surface area contributed by atoms with Crippen molar-refractivity contribution in [3.05, 3.63) is 70.5 Å². The summed E-state index contributed by atoms with van der Waals surface area (Å²) in [5.74, 6) is 1.87. The number of nitrogens with one attached hydrogen (secondary N) is 1. The summed E-state index contributed by atoms with van der Waals surface area (Å²) in [7, 11) is 0. The van der Waals surface area contributed by atoms with Crippen molar-refractivity contribution in [2.45, 2.75) is 13.3 Å². The number of Topliss-reactive ketones (excluding diaryl/α,β-unsaturated/α-hetero) is 1. The fraction of sp³-hybridized carbons (Fsp3) is 0.143. The summed E-state index contributed by atoms with van der Waals surface area (Å²) in [6, 6.07) is 11.2. The van der Waals surface area contributed by atoms with Crippen molar-refractivity contribution in [2.24, 2.45) is 0 Å². The van der Waals surface area contributed by atoms with Crippen LogP contribution in [0.5, 0.6) is 11.6 Å². The first kappa shape index (κ1) is 19.3. The number of halogens is 1. The van der Waals surface area contributed by atoms with Crippen molar-refractivity contribution in [1.82, 2.24) is 15.0 Å². The van der Waals surface area contributed by atoms with Crippen LogP contribution in [0.3, 0.4) is 0 Å². The molecule has 1 N–H and O–H groups in total. The Morgan fingerprint density at radius 2 is 1.97 bits per heavy atom. The third-order valence-electron chi connectivity index (χ3n) is 4.32. The highest BCUT2D eigenvalue weighted by Gasteiger charge is 2.09. The van der Waals surface area contributed by atoms with Gasteiger partial charge in [0, 0.05) is 29.8 Å². The van der Waals surface area contributed by atoms with E-state index in [9.17, 15) is 4.79 Å². The Balaban J connectivity index is 1.34. The van der Waals surface area contributed by atoms with E-state index in [1.54, 1.807) is 18.5 Å². The van der Waals surface area contributed by atoms with Crippen molar-refractivity contribution in [3.63, 3.8) is 0 Å². The van der Waals surface area contributed by atoms with Gasteiger partial charge in [0.05, 0.1) is 10.4 Å². The van der Waals surface area contributed by atoms with Crippen molar-refractivity contribution in [1.29, 1.82) is 0 Å². The van der Waals surface area contributed by atoms with Crippen LogP contribution in [-0.4, -0.2) is 27.3 Å². The molecule has 3 heterocycles. The molecule has 0 atom stereocenters. The van der Waals surface area contributed by atoms with E-state index in [1.807, 2.05) is 29.6 Å². The van der Waals surface area contributed by atoms with Gasteiger partial charge in [-0.25, -0.2) is 15.0 Å². The normalized spacial score (nSPS) is 10.8. The van der Waals surface area contributed by atoms with Crippen LogP contribution < -0.4 is 10.1 Å². The Morgan fingerprint density at radius 3 is 2.69 bits per heavy atom. The van der Waals surface area contributed by atoms with Gasteiger partial charge in [0.1, 0.15) is 22.7 Å². The van der Waals surface area contributed by atoms with E-state index >= 15 is 0 Å². The molecular weight excluding hydrogens is 408 g/mol. The van der Waals surface area contributed by atoms with Gasteiger partial charge >= 0.3 is 0 Å². The molecule has 0 aliphatic heterocycles. The number of anilines is 1. The van der Waals surface area contributed by atoms with E-state index in [0.717, 1.165) is 28.0 Å². The van der Waals surface area contributed by atoms with Crippen LogP contribution in [0.1, 0.15) is 22.8 Å². The fourth-order valence-electron chi connectivity index (χ4n) is 2.79. The number of benzene rings is 1. The molecule has 29 heavy (non-hydrogen) atoms. The molecule has 146 valence electrons. The molecule has 1 aromatic carbocycles. The van der Waals surface area contributed by atoms with Crippen LogP contribution >= 0.6 is 22.9 Å². The predicted octanol–water partition coefficient (Wildman–Crippen LogP) is 5.39. The highest BCUT2D eigenvalue weighted by molar-refractivity contribution is 7.17. The highest BCUT2D eigenvalue weighted by atomic mass is 35.5. The van der Waals surface area contributed by atoms with Gasteiger partial charge < -0.3 is 10.1 Å². The summed E-state index contributed by atoms with van der Waals surface area (Å²) in [6.45, 7) is 2.22. The monoisotopic (exact) mass is 424 g/mol. The van der Waals surface area contributed by atoms with Gasteiger partial charge in [-0.2, -0.15) is 0 Å². The van der Waals surface area contributed by atoms with Crippen molar-refractivity contribution in [3.8, 4) is 11.6 Å². The Bertz CT molecular complexity index is 1140. The number of aromatic nitrogens is 3. The summed E-state index contributed by atoms with van der Waals surface area (Å²) < 4.78 is 5.73. The summed E-state index contributed by atoms with van der Waals surface area (Å²) in [5, 5.41) is 6.74. The molecule has 3 aromatic heterocycles. The molecule has 4 rings (SSSR count). The number of carbonyl (C=O) groups is 1. The molecule has 0 spiro atoms. The smallest absolute Gasteiger partial charge is 0.219 e. The highest BCUT2D eigenvalue weighted by Crippen LogP contribution is 2.32. The zero-order chi connectivity index (χ0) is 20.2. The summed E-state index contributed by atoms with van der Waals surface area (Å²) in [5.41, 5.74) is 1.72. The summed E-state index contributed by atoms with van der Waals surface area (Å²) in [6.07, 6.45) is 3.88. The quantitative estimate of drug-likeness (QED) is 0.401. The lowest BCUT2D eigenvalue weighted by molar-refractivity contribution is 0.101. The minimum absolute atomic E-state index is 0.0222. The molecule has 0 unspecified atom stereocenters. The number of hydrogen-bond acceptors (Lipinski definition) is 7. The van der Waals surface area contributed by atoms with E-state index in [1.165, 1.54) is 24.5 Å². The lowest BCUT2D eigenvalue weighted by Crippen LogP contribution is -2.06. The number of rotatable bonds is 7. The van der Waals surface area contributed by atoms with E-state index in [-0.39, 0.29) is 5.78 Å². The summed E-state index contributed by atoms with van der Waals surface area (Å²) in [4.78, 5) is 24.9. The van der Waals surface area contributed by atoms with Crippen LogP contribution in [0, 0.1) is 0 Å². The number of carbonyl (C=O) groups excluding carboxylic acids is 1. The Morgan fingerprint density at radius 1 is 1.14 bits per heavy atom. The van der Waals surface area contributed by atoms with Gasteiger partial charge in [-0.3, -0.25) is 4.79 Å².